The third-order valence-electron chi connectivity index (χ3n) is 10.1. The average Bonchev–Trinajstić information content (AvgIpc) is 3.12. The molecule has 0 aromatic carbocycles. The highest BCUT2D eigenvalue weighted by molar-refractivity contribution is 5.70. The van der Waals surface area contributed by atoms with Gasteiger partial charge in [-0.3, -0.25) is 9.59 Å². The van der Waals surface area contributed by atoms with E-state index in [0.29, 0.717) is 12.8 Å². The van der Waals surface area contributed by atoms with E-state index in [-0.39, 0.29) is 42.7 Å². The van der Waals surface area contributed by atoms with Gasteiger partial charge in [0, 0.05) is 19.3 Å². The summed E-state index contributed by atoms with van der Waals surface area (Å²) in [6.45, 7) is 4.57. The molecule has 2 unspecified atom stereocenters. The van der Waals surface area contributed by atoms with E-state index < -0.39 is 18.1 Å². The number of rotatable bonds is 40. The lowest BCUT2D eigenvalue weighted by atomic mass is 10.0. The van der Waals surface area contributed by atoms with Gasteiger partial charge >= 0.3 is 11.9 Å². The minimum absolute atomic E-state index is 0.0422. The van der Waals surface area contributed by atoms with Crippen molar-refractivity contribution in [1.82, 2.24) is 0 Å². The van der Waals surface area contributed by atoms with Crippen molar-refractivity contribution in [3.05, 3.63) is 24.3 Å². The van der Waals surface area contributed by atoms with Crippen molar-refractivity contribution in [3.8, 4) is 0 Å². The van der Waals surface area contributed by atoms with Crippen LogP contribution >= 0.6 is 0 Å². The van der Waals surface area contributed by atoms with Crippen molar-refractivity contribution in [2.75, 3.05) is 41.0 Å². The summed E-state index contributed by atoms with van der Waals surface area (Å²) >= 11 is 0. The minimum Gasteiger partial charge on any atom is -0.544 e. The molecule has 8 heteroatoms. The standard InChI is InChI=1S/C46H85NO7/c1-6-8-10-12-14-16-18-20-22-23-25-27-29-31-33-35-37-45(49)54-42(40-52-39-38-43(46(50)51)47(3,4)5)41-53-44(48)36-34-32-30-28-26-24-21-19-17-15-13-11-9-7-2/h9,11,15,17,42-43H,6-8,10,12-14,16,18-41H2,1-5H3/b11-9+,17-15+. The second-order valence-corrected chi connectivity index (χ2v) is 16.3. The number of nitrogens with zero attached hydrogens (tertiary/aromatic N) is 1. The van der Waals surface area contributed by atoms with Crippen LogP contribution in [0.15, 0.2) is 24.3 Å². The topological polar surface area (TPSA) is 102 Å². The number of quaternary nitrogens is 1. The van der Waals surface area contributed by atoms with Gasteiger partial charge in [0.1, 0.15) is 12.6 Å². The van der Waals surface area contributed by atoms with E-state index in [4.69, 9.17) is 14.2 Å². The van der Waals surface area contributed by atoms with E-state index in [0.717, 1.165) is 57.8 Å². The van der Waals surface area contributed by atoms with E-state index in [1.807, 2.05) is 0 Å². The molecule has 0 saturated heterocycles. The van der Waals surface area contributed by atoms with Crippen LogP contribution in [0.1, 0.15) is 200 Å². The minimum atomic E-state index is -1.12. The number of carboxylic acid groups (broad SMARTS) is 1. The Bertz CT molecular complexity index is 942. The predicted octanol–water partition coefficient (Wildman–Crippen LogP) is 10.7. The van der Waals surface area contributed by atoms with Crippen molar-refractivity contribution in [2.45, 2.75) is 212 Å². The Balaban J connectivity index is 4.31. The van der Waals surface area contributed by atoms with E-state index in [2.05, 4.69) is 38.2 Å². The van der Waals surface area contributed by atoms with Crippen LogP contribution in [0.2, 0.25) is 0 Å². The van der Waals surface area contributed by atoms with Crippen LogP contribution in [0.25, 0.3) is 0 Å². The summed E-state index contributed by atoms with van der Waals surface area (Å²) in [4.78, 5) is 36.8. The number of aliphatic carboxylic acids is 1. The van der Waals surface area contributed by atoms with Crippen molar-refractivity contribution < 1.29 is 38.2 Å². The van der Waals surface area contributed by atoms with Crippen molar-refractivity contribution in [1.29, 1.82) is 0 Å². The van der Waals surface area contributed by atoms with Gasteiger partial charge in [0.15, 0.2) is 6.10 Å². The largest absolute Gasteiger partial charge is 0.544 e. The van der Waals surface area contributed by atoms with Crippen LogP contribution in [0, 0.1) is 0 Å². The number of allylic oxidation sites excluding steroid dienone is 4. The fraction of sp³-hybridized carbons (Fsp3) is 0.848. The summed E-state index contributed by atoms with van der Waals surface area (Å²) in [5.41, 5.74) is 0. The van der Waals surface area contributed by atoms with E-state index in [9.17, 15) is 19.5 Å². The van der Waals surface area contributed by atoms with Crippen LogP contribution in [0.5, 0.6) is 0 Å². The second kappa shape index (κ2) is 37.7. The maximum Gasteiger partial charge on any atom is 0.306 e. The first-order valence-electron chi connectivity index (χ1n) is 22.4. The summed E-state index contributed by atoms with van der Waals surface area (Å²) in [7, 11) is 5.41. The first-order valence-corrected chi connectivity index (χ1v) is 22.4. The summed E-state index contributed by atoms with van der Waals surface area (Å²) in [6.07, 6.45) is 40.5. The van der Waals surface area contributed by atoms with Gasteiger partial charge in [-0.2, -0.15) is 0 Å². The Labute approximate surface area is 332 Å². The lowest BCUT2D eigenvalue weighted by Gasteiger charge is -2.34. The summed E-state index contributed by atoms with van der Waals surface area (Å²) in [5.74, 6) is -1.73. The zero-order chi connectivity index (χ0) is 40.0. The summed E-state index contributed by atoms with van der Waals surface area (Å²) < 4.78 is 17.2. The highest BCUT2D eigenvalue weighted by atomic mass is 16.6. The molecule has 0 radical (unpaired) electrons. The Kier molecular flexibility index (Phi) is 36.2. The van der Waals surface area contributed by atoms with Crippen LogP contribution in [-0.2, 0) is 28.6 Å². The van der Waals surface area contributed by atoms with Gasteiger partial charge in [0.05, 0.1) is 40.3 Å². The highest BCUT2D eigenvalue weighted by Gasteiger charge is 2.25. The molecule has 0 aromatic rings. The van der Waals surface area contributed by atoms with Gasteiger partial charge in [0.2, 0.25) is 0 Å². The van der Waals surface area contributed by atoms with Crippen LogP contribution in [0.3, 0.4) is 0 Å². The zero-order valence-electron chi connectivity index (χ0n) is 35.9. The molecule has 0 bridgehead atoms. The first kappa shape index (κ1) is 51.8. The van der Waals surface area contributed by atoms with Gasteiger partial charge in [-0.15, -0.1) is 0 Å². The molecule has 0 aliphatic heterocycles. The molecule has 0 N–H and O–H groups in total. The van der Waals surface area contributed by atoms with Gasteiger partial charge < -0.3 is 28.6 Å². The summed E-state index contributed by atoms with van der Waals surface area (Å²) in [5, 5.41) is 11.6. The first-order chi connectivity index (χ1) is 26.1. The van der Waals surface area contributed by atoms with E-state index in [1.54, 1.807) is 21.1 Å². The molecule has 0 aliphatic rings. The molecule has 0 spiro atoms. The Hall–Kier alpha value is -2.19. The number of carbonyl (C=O) groups is 3. The van der Waals surface area contributed by atoms with Crippen molar-refractivity contribution in [2.24, 2.45) is 0 Å². The maximum atomic E-state index is 12.7. The molecule has 0 rings (SSSR count). The Morgan fingerprint density at radius 3 is 1.52 bits per heavy atom. The number of esters is 2. The molecule has 0 aromatic heterocycles. The molecule has 0 aliphatic carbocycles. The number of unbranched alkanes of at least 4 members (excludes halogenated alkanes) is 22. The number of hydrogen-bond donors (Lipinski definition) is 0. The fourth-order valence-corrected chi connectivity index (χ4v) is 6.64. The summed E-state index contributed by atoms with van der Waals surface area (Å²) in [6, 6.07) is -0.723. The van der Waals surface area contributed by atoms with Crippen LogP contribution in [0.4, 0.5) is 0 Å². The van der Waals surface area contributed by atoms with Gasteiger partial charge in [-0.05, 0) is 38.5 Å². The lowest BCUT2D eigenvalue weighted by molar-refractivity contribution is -0.889. The Morgan fingerprint density at radius 1 is 0.574 bits per heavy atom. The van der Waals surface area contributed by atoms with Crippen molar-refractivity contribution >= 4 is 17.9 Å². The quantitative estimate of drug-likeness (QED) is 0.0265. The molecule has 54 heavy (non-hydrogen) atoms. The van der Waals surface area contributed by atoms with Gasteiger partial charge in [-0.25, -0.2) is 0 Å². The number of ether oxygens (including phenoxy) is 3. The normalized spacial score (nSPS) is 13.1. The third kappa shape index (κ3) is 35.5. The molecule has 0 heterocycles. The SMILES string of the molecule is CC/C=C/C/C=C/CCCCCCCCCC(=O)OCC(COCCC(C(=O)[O-])[N+](C)(C)C)OC(=O)CCCCCCCCCCCCCCCCCC. The molecule has 316 valence electrons. The molecule has 0 fully saturated rings. The Morgan fingerprint density at radius 2 is 1.04 bits per heavy atom. The zero-order valence-corrected chi connectivity index (χ0v) is 35.9. The monoisotopic (exact) mass is 764 g/mol. The number of carbonyl (C=O) groups excluding carboxylic acids is 3. The lowest BCUT2D eigenvalue weighted by Crippen LogP contribution is -2.55. The van der Waals surface area contributed by atoms with Gasteiger partial charge in [0.25, 0.3) is 0 Å². The third-order valence-corrected chi connectivity index (χ3v) is 10.1. The molecule has 0 amide bonds. The molecule has 0 saturated carbocycles. The average molecular weight is 764 g/mol. The van der Waals surface area contributed by atoms with Crippen LogP contribution in [-0.4, -0.2) is 75.5 Å². The number of likely N-dealkylation sites (N-methyl/N-ethyl adjacent to an activating group) is 1. The van der Waals surface area contributed by atoms with Crippen molar-refractivity contribution in [3.63, 3.8) is 0 Å². The number of hydrogen-bond acceptors (Lipinski definition) is 7. The van der Waals surface area contributed by atoms with E-state index in [1.165, 1.54) is 109 Å². The molecular formula is C46H85NO7. The molecule has 8 nitrogen and oxygen atoms in total. The number of carboxylic acids is 1. The van der Waals surface area contributed by atoms with E-state index >= 15 is 0 Å². The molecular weight excluding hydrogens is 679 g/mol. The maximum absolute atomic E-state index is 12.7. The van der Waals surface area contributed by atoms with Gasteiger partial charge in [-0.1, -0.05) is 167 Å². The second-order valence-electron chi connectivity index (χ2n) is 16.3. The molecule has 2 atom stereocenters. The highest BCUT2D eigenvalue weighted by Crippen LogP contribution is 2.15. The predicted molar refractivity (Wildman–Crippen MR) is 222 cm³/mol. The smallest absolute Gasteiger partial charge is 0.306 e. The van der Waals surface area contributed by atoms with Crippen LogP contribution < -0.4 is 5.11 Å². The fourth-order valence-electron chi connectivity index (χ4n) is 6.64.